The van der Waals surface area contributed by atoms with Crippen LogP contribution in [-0.2, 0) is 4.79 Å². The van der Waals surface area contributed by atoms with Gasteiger partial charge in [-0.25, -0.2) is 0 Å². The van der Waals surface area contributed by atoms with E-state index in [1.165, 1.54) is 0 Å². The van der Waals surface area contributed by atoms with E-state index in [0.29, 0.717) is 17.3 Å². The molecule has 0 bridgehead atoms. The van der Waals surface area contributed by atoms with E-state index in [4.69, 9.17) is 0 Å². The van der Waals surface area contributed by atoms with Crippen molar-refractivity contribution in [3.05, 3.63) is 46.8 Å². The number of anilines is 1. The minimum atomic E-state index is -0.486. The van der Waals surface area contributed by atoms with Crippen LogP contribution in [0.2, 0.25) is 0 Å². The highest BCUT2D eigenvalue weighted by Crippen LogP contribution is 2.25. The average molecular weight is 344 g/mol. The summed E-state index contributed by atoms with van der Waals surface area (Å²) in [4.78, 5) is 26.8. The first-order valence-corrected chi connectivity index (χ1v) is 8.90. The number of amides is 2. The molecule has 1 atom stereocenters. The molecule has 1 saturated heterocycles. The molecule has 7 heteroatoms. The fraction of sp³-hybridized carbons (Fsp3) is 0.353. The topological polar surface area (TPSA) is 78.1 Å². The number of carbonyl (C=O) groups excluding carboxylic acids is 2. The third kappa shape index (κ3) is 3.31. The van der Waals surface area contributed by atoms with Gasteiger partial charge in [0.2, 0.25) is 5.91 Å². The molecule has 0 aliphatic carbocycles. The lowest BCUT2D eigenvalue weighted by Crippen LogP contribution is -2.44. The number of aromatic nitrogens is 2. The van der Waals surface area contributed by atoms with Crippen molar-refractivity contribution in [2.24, 2.45) is 0 Å². The molecule has 1 aromatic carbocycles. The maximum atomic E-state index is 12.7. The fourth-order valence-corrected chi connectivity index (χ4v) is 3.86. The van der Waals surface area contributed by atoms with Crippen molar-refractivity contribution >= 4 is 29.3 Å². The maximum Gasteiger partial charge on any atom is 0.275 e. The van der Waals surface area contributed by atoms with Crippen LogP contribution in [0, 0.1) is 20.8 Å². The van der Waals surface area contributed by atoms with E-state index < -0.39 is 6.04 Å². The van der Waals surface area contributed by atoms with E-state index in [9.17, 15) is 9.59 Å². The number of aryl methyl sites for hydroxylation is 3. The molecule has 24 heavy (non-hydrogen) atoms. The molecule has 1 aliphatic rings. The molecule has 0 spiro atoms. The largest absolute Gasteiger partial charge is 0.324 e. The summed E-state index contributed by atoms with van der Waals surface area (Å²) in [6.07, 6.45) is 0. The SMILES string of the molecule is Cc1ccc(NC(=O)C2CSCN2C(=O)c2cc(C)[nH]n2)c(C)c1. The predicted molar refractivity (Wildman–Crippen MR) is 95.2 cm³/mol. The average Bonchev–Trinajstić information content (AvgIpc) is 3.18. The lowest BCUT2D eigenvalue weighted by molar-refractivity contribution is -0.119. The van der Waals surface area contributed by atoms with Gasteiger partial charge in [0, 0.05) is 17.1 Å². The van der Waals surface area contributed by atoms with E-state index in [1.807, 2.05) is 39.0 Å². The molecule has 126 valence electrons. The Labute approximate surface area is 145 Å². The zero-order valence-corrected chi connectivity index (χ0v) is 14.7. The molecule has 2 aromatic rings. The van der Waals surface area contributed by atoms with Crippen molar-refractivity contribution in [3.8, 4) is 0 Å². The Morgan fingerprint density at radius 3 is 2.75 bits per heavy atom. The van der Waals surface area contributed by atoms with Crippen LogP contribution < -0.4 is 5.32 Å². The molecular formula is C17H20N4O2S. The van der Waals surface area contributed by atoms with Crippen LogP contribution in [0.1, 0.15) is 27.3 Å². The van der Waals surface area contributed by atoms with Crippen molar-refractivity contribution in [3.63, 3.8) is 0 Å². The van der Waals surface area contributed by atoms with Crippen LogP contribution in [-0.4, -0.2) is 44.6 Å². The molecule has 6 nitrogen and oxygen atoms in total. The van der Waals surface area contributed by atoms with Crippen molar-refractivity contribution in [2.75, 3.05) is 16.9 Å². The van der Waals surface area contributed by atoms with Crippen LogP contribution in [0.25, 0.3) is 0 Å². The lowest BCUT2D eigenvalue weighted by atomic mass is 10.1. The quantitative estimate of drug-likeness (QED) is 0.897. The highest BCUT2D eigenvalue weighted by Gasteiger charge is 2.36. The highest BCUT2D eigenvalue weighted by molar-refractivity contribution is 7.99. The standard InChI is InChI=1S/C17H20N4O2S/c1-10-4-5-13(11(2)6-10)18-16(22)15-8-24-9-21(15)17(23)14-7-12(3)19-20-14/h4-7,15H,8-9H2,1-3H3,(H,18,22)(H,19,20). The number of aromatic amines is 1. The summed E-state index contributed by atoms with van der Waals surface area (Å²) >= 11 is 1.57. The van der Waals surface area contributed by atoms with Gasteiger partial charge in [0.1, 0.15) is 11.7 Å². The second-order valence-electron chi connectivity index (χ2n) is 6.03. The van der Waals surface area contributed by atoms with E-state index in [2.05, 4.69) is 15.5 Å². The second kappa shape index (κ2) is 6.68. The second-order valence-corrected chi connectivity index (χ2v) is 7.03. The van der Waals surface area contributed by atoms with E-state index in [0.717, 1.165) is 22.5 Å². The Kier molecular flexibility index (Phi) is 4.62. The Morgan fingerprint density at radius 2 is 2.08 bits per heavy atom. The molecule has 1 unspecified atom stereocenters. The maximum absolute atomic E-state index is 12.7. The first-order valence-electron chi connectivity index (χ1n) is 7.74. The molecule has 0 saturated carbocycles. The van der Waals surface area contributed by atoms with Crippen molar-refractivity contribution in [1.82, 2.24) is 15.1 Å². The number of hydrogen-bond donors (Lipinski definition) is 2. The number of hydrogen-bond acceptors (Lipinski definition) is 4. The predicted octanol–water partition coefficient (Wildman–Crippen LogP) is 2.49. The number of H-pyrrole nitrogens is 1. The van der Waals surface area contributed by atoms with Gasteiger partial charge in [-0.2, -0.15) is 5.10 Å². The van der Waals surface area contributed by atoms with Crippen LogP contribution in [0.4, 0.5) is 5.69 Å². The van der Waals surface area contributed by atoms with Gasteiger partial charge < -0.3 is 10.2 Å². The Bertz CT molecular complexity index is 787. The molecule has 2 N–H and O–H groups in total. The number of thioether (sulfide) groups is 1. The van der Waals surface area contributed by atoms with Gasteiger partial charge in [-0.3, -0.25) is 14.7 Å². The van der Waals surface area contributed by atoms with E-state index in [-0.39, 0.29) is 11.8 Å². The number of nitrogens with one attached hydrogen (secondary N) is 2. The lowest BCUT2D eigenvalue weighted by Gasteiger charge is -2.22. The van der Waals surface area contributed by atoms with Crippen LogP contribution in [0.5, 0.6) is 0 Å². The van der Waals surface area contributed by atoms with Crippen molar-refractivity contribution < 1.29 is 9.59 Å². The normalized spacial score (nSPS) is 17.1. The van der Waals surface area contributed by atoms with Gasteiger partial charge in [0.05, 0.1) is 5.88 Å². The zero-order chi connectivity index (χ0) is 17.3. The molecule has 1 aromatic heterocycles. The summed E-state index contributed by atoms with van der Waals surface area (Å²) in [7, 11) is 0. The summed E-state index contributed by atoms with van der Waals surface area (Å²) in [5, 5.41) is 9.72. The van der Waals surface area contributed by atoms with Gasteiger partial charge in [0.25, 0.3) is 5.91 Å². The minimum absolute atomic E-state index is 0.160. The Balaban J connectivity index is 1.75. The minimum Gasteiger partial charge on any atom is -0.324 e. The first-order chi connectivity index (χ1) is 11.5. The number of rotatable bonds is 3. The smallest absolute Gasteiger partial charge is 0.275 e. The van der Waals surface area contributed by atoms with Crippen molar-refractivity contribution in [2.45, 2.75) is 26.8 Å². The number of carbonyl (C=O) groups is 2. The molecule has 2 heterocycles. The van der Waals surface area contributed by atoms with Gasteiger partial charge in [0.15, 0.2) is 0 Å². The van der Waals surface area contributed by atoms with Gasteiger partial charge >= 0.3 is 0 Å². The van der Waals surface area contributed by atoms with Crippen LogP contribution in [0.15, 0.2) is 24.3 Å². The summed E-state index contributed by atoms with van der Waals surface area (Å²) in [6.45, 7) is 5.81. The molecular weight excluding hydrogens is 324 g/mol. The third-order valence-electron chi connectivity index (χ3n) is 4.01. The molecule has 3 rings (SSSR count). The van der Waals surface area contributed by atoms with Crippen molar-refractivity contribution in [1.29, 1.82) is 0 Å². The Morgan fingerprint density at radius 1 is 1.29 bits per heavy atom. The number of nitrogens with zero attached hydrogens (tertiary/aromatic N) is 2. The summed E-state index contributed by atoms with van der Waals surface area (Å²) in [5.74, 6) is 0.708. The molecule has 0 radical (unpaired) electrons. The van der Waals surface area contributed by atoms with E-state index in [1.54, 1.807) is 22.7 Å². The molecule has 2 amide bonds. The summed E-state index contributed by atoms with van der Waals surface area (Å²) in [6, 6.07) is 7.09. The number of benzene rings is 1. The summed E-state index contributed by atoms with van der Waals surface area (Å²) in [5.41, 5.74) is 4.11. The monoisotopic (exact) mass is 344 g/mol. The molecule has 1 fully saturated rings. The first kappa shape index (κ1) is 16.6. The highest BCUT2D eigenvalue weighted by atomic mass is 32.2. The fourth-order valence-electron chi connectivity index (χ4n) is 2.70. The van der Waals surface area contributed by atoms with Crippen LogP contribution in [0.3, 0.4) is 0 Å². The van der Waals surface area contributed by atoms with Gasteiger partial charge in [-0.05, 0) is 38.5 Å². The molecule has 1 aliphatic heterocycles. The van der Waals surface area contributed by atoms with Gasteiger partial charge in [-0.1, -0.05) is 17.7 Å². The zero-order valence-electron chi connectivity index (χ0n) is 13.9. The van der Waals surface area contributed by atoms with Gasteiger partial charge in [-0.15, -0.1) is 11.8 Å². The van der Waals surface area contributed by atoms with E-state index >= 15 is 0 Å². The van der Waals surface area contributed by atoms with Crippen LogP contribution >= 0.6 is 11.8 Å². The Hall–Kier alpha value is -2.28. The third-order valence-corrected chi connectivity index (χ3v) is 5.02. The summed E-state index contributed by atoms with van der Waals surface area (Å²) < 4.78 is 0.